The van der Waals surface area contributed by atoms with Crippen LogP contribution in [0.1, 0.15) is 44.1 Å². The number of carbonyl (C=O) groups is 1. The van der Waals surface area contributed by atoms with Crippen molar-refractivity contribution in [1.29, 1.82) is 0 Å². The molecule has 2 rings (SSSR count). The molecule has 0 radical (unpaired) electrons. The Labute approximate surface area is 156 Å². The Morgan fingerprint density at radius 3 is 2.38 bits per heavy atom. The van der Waals surface area contributed by atoms with Gasteiger partial charge in [-0.25, -0.2) is 9.97 Å². The zero-order valence-electron chi connectivity index (χ0n) is 16.2. The van der Waals surface area contributed by atoms with Crippen LogP contribution in [0, 0.1) is 0 Å². The molecular weight excluding hydrogens is 326 g/mol. The first kappa shape index (κ1) is 19.7. The average Bonchev–Trinajstić information content (AvgIpc) is 2.68. The van der Waals surface area contributed by atoms with Crippen LogP contribution < -0.4 is 10.2 Å². The number of carbonyl (C=O) groups excluding carboxylic acids is 1. The highest BCUT2D eigenvalue weighted by atomic mass is 16.2. The normalized spacial score (nSPS) is 10.5. The molecule has 0 saturated carbocycles. The molecule has 0 aliphatic carbocycles. The maximum atomic E-state index is 12.4. The van der Waals surface area contributed by atoms with E-state index in [1.54, 1.807) is 24.2 Å². The van der Waals surface area contributed by atoms with Crippen LogP contribution in [0.5, 0.6) is 0 Å². The monoisotopic (exact) mass is 355 g/mol. The van der Waals surface area contributed by atoms with E-state index in [4.69, 9.17) is 0 Å². The lowest BCUT2D eigenvalue weighted by Crippen LogP contribution is -2.28. The maximum absolute atomic E-state index is 12.4. The van der Waals surface area contributed by atoms with E-state index in [2.05, 4.69) is 53.1 Å². The van der Waals surface area contributed by atoms with E-state index in [1.807, 2.05) is 12.1 Å². The van der Waals surface area contributed by atoms with Crippen molar-refractivity contribution >= 4 is 23.2 Å². The zero-order chi connectivity index (χ0) is 18.9. The molecule has 0 atom stereocenters. The summed E-state index contributed by atoms with van der Waals surface area (Å²) in [5, 5.41) is 3.17. The lowest BCUT2D eigenvalue weighted by Gasteiger charge is -2.21. The Hall–Kier alpha value is -2.63. The lowest BCUT2D eigenvalue weighted by atomic mass is 10.2. The summed E-state index contributed by atoms with van der Waals surface area (Å²) in [6.07, 6.45) is 3.65. The third-order valence-electron chi connectivity index (χ3n) is 4.32. The van der Waals surface area contributed by atoms with Gasteiger partial charge in [-0.15, -0.1) is 0 Å². The quantitative estimate of drug-likeness (QED) is 0.738. The number of benzene rings is 1. The Bertz CT molecular complexity index is 698. The highest BCUT2D eigenvalue weighted by molar-refractivity contribution is 5.92. The lowest BCUT2D eigenvalue weighted by molar-refractivity contribution is 0.0787. The fourth-order valence-electron chi connectivity index (χ4n) is 2.70. The Morgan fingerprint density at radius 1 is 1.08 bits per heavy atom. The predicted molar refractivity (Wildman–Crippen MR) is 107 cm³/mol. The number of aromatic nitrogens is 2. The number of rotatable bonds is 9. The van der Waals surface area contributed by atoms with Crippen LogP contribution >= 0.6 is 0 Å². The van der Waals surface area contributed by atoms with Crippen molar-refractivity contribution in [2.75, 3.05) is 36.9 Å². The Kier molecular flexibility index (Phi) is 7.38. The van der Waals surface area contributed by atoms with Crippen LogP contribution in [-0.4, -0.2) is 47.5 Å². The van der Waals surface area contributed by atoms with Gasteiger partial charge < -0.3 is 15.1 Å². The molecular formula is C20H29N5O. The van der Waals surface area contributed by atoms with Gasteiger partial charge in [-0.3, -0.25) is 4.79 Å². The van der Waals surface area contributed by atoms with E-state index in [1.165, 1.54) is 5.69 Å². The first-order valence-corrected chi connectivity index (χ1v) is 9.29. The summed E-state index contributed by atoms with van der Waals surface area (Å²) in [4.78, 5) is 25.0. The molecule has 1 heterocycles. The topological polar surface area (TPSA) is 61.4 Å². The molecule has 6 nitrogen and oxygen atoms in total. The van der Waals surface area contributed by atoms with Gasteiger partial charge in [0.25, 0.3) is 5.91 Å². The third-order valence-corrected chi connectivity index (χ3v) is 4.32. The van der Waals surface area contributed by atoms with Crippen LogP contribution in [0.3, 0.4) is 0 Å². The predicted octanol–water partition coefficient (Wildman–Crippen LogP) is 3.94. The SMILES string of the molecule is CCCCN(C)C(=O)c1ccnc(Nc2ccc(N(CC)CC)cc2)n1. The smallest absolute Gasteiger partial charge is 0.272 e. The maximum Gasteiger partial charge on any atom is 0.272 e. The number of hydrogen-bond donors (Lipinski definition) is 1. The summed E-state index contributed by atoms with van der Waals surface area (Å²) in [5.74, 6) is 0.344. The largest absolute Gasteiger partial charge is 0.372 e. The van der Waals surface area contributed by atoms with E-state index >= 15 is 0 Å². The number of unbranched alkanes of at least 4 members (excludes halogenated alkanes) is 1. The summed E-state index contributed by atoms with van der Waals surface area (Å²) in [7, 11) is 1.80. The van der Waals surface area contributed by atoms with Crippen LogP contribution in [0.15, 0.2) is 36.5 Å². The zero-order valence-corrected chi connectivity index (χ0v) is 16.2. The molecule has 0 spiro atoms. The van der Waals surface area contributed by atoms with E-state index < -0.39 is 0 Å². The van der Waals surface area contributed by atoms with Crippen molar-refractivity contribution in [2.45, 2.75) is 33.6 Å². The summed E-state index contributed by atoms with van der Waals surface area (Å²) >= 11 is 0. The second-order valence-electron chi connectivity index (χ2n) is 6.19. The molecule has 2 aromatic rings. The van der Waals surface area contributed by atoms with Gasteiger partial charge >= 0.3 is 0 Å². The fraction of sp³-hybridized carbons (Fsp3) is 0.450. The fourth-order valence-corrected chi connectivity index (χ4v) is 2.70. The first-order valence-electron chi connectivity index (χ1n) is 9.29. The van der Waals surface area contributed by atoms with Crippen molar-refractivity contribution in [3.63, 3.8) is 0 Å². The molecule has 6 heteroatoms. The molecule has 0 unspecified atom stereocenters. The van der Waals surface area contributed by atoms with E-state index in [-0.39, 0.29) is 5.91 Å². The molecule has 0 aliphatic heterocycles. The van der Waals surface area contributed by atoms with Gasteiger partial charge in [-0.05, 0) is 50.6 Å². The Balaban J connectivity index is 2.07. The highest BCUT2D eigenvalue weighted by Gasteiger charge is 2.13. The van der Waals surface area contributed by atoms with Gasteiger partial charge in [0.1, 0.15) is 5.69 Å². The summed E-state index contributed by atoms with van der Waals surface area (Å²) < 4.78 is 0. The van der Waals surface area contributed by atoms with Crippen LogP contribution in [0.2, 0.25) is 0 Å². The second kappa shape index (κ2) is 9.75. The number of hydrogen-bond acceptors (Lipinski definition) is 5. The second-order valence-corrected chi connectivity index (χ2v) is 6.19. The number of nitrogens with one attached hydrogen (secondary N) is 1. The minimum absolute atomic E-state index is 0.0826. The van der Waals surface area contributed by atoms with E-state index in [0.29, 0.717) is 11.6 Å². The highest BCUT2D eigenvalue weighted by Crippen LogP contribution is 2.19. The van der Waals surface area contributed by atoms with Gasteiger partial charge in [-0.2, -0.15) is 0 Å². The Morgan fingerprint density at radius 2 is 1.77 bits per heavy atom. The van der Waals surface area contributed by atoms with Crippen LogP contribution in [-0.2, 0) is 0 Å². The molecule has 0 saturated heterocycles. The van der Waals surface area contributed by atoms with Gasteiger partial charge in [-0.1, -0.05) is 13.3 Å². The van der Waals surface area contributed by atoms with Gasteiger partial charge in [0.2, 0.25) is 5.95 Å². The van der Waals surface area contributed by atoms with Gasteiger partial charge in [0.05, 0.1) is 0 Å². The van der Waals surface area contributed by atoms with Gasteiger partial charge in [0.15, 0.2) is 0 Å². The van der Waals surface area contributed by atoms with Crippen LogP contribution in [0.25, 0.3) is 0 Å². The van der Waals surface area contributed by atoms with Crippen molar-refractivity contribution in [3.05, 3.63) is 42.2 Å². The van der Waals surface area contributed by atoms with Crippen molar-refractivity contribution < 1.29 is 4.79 Å². The van der Waals surface area contributed by atoms with E-state index in [9.17, 15) is 4.79 Å². The average molecular weight is 355 g/mol. The number of anilines is 3. The standard InChI is InChI=1S/C20H29N5O/c1-5-8-15-24(4)19(26)18-13-14-21-20(23-18)22-16-9-11-17(12-10-16)25(6-2)7-3/h9-14H,5-8,15H2,1-4H3,(H,21,22,23). The van der Waals surface area contributed by atoms with E-state index in [0.717, 1.165) is 38.2 Å². The number of amides is 1. The molecule has 1 aromatic heterocycles. The molecule has 0 aliphatic rings. The molecule has 140 valence electrons. The van der Waals surface area contributed by atoms with Crippen molar-refractivity contribution in [3.8, 4) is 0 Å². The van der Waals surface area contributed by atoms with Crippen molar-refractivity contribution in [2.24, 2.45) is 0 Å². The molecule has 26 heavy (non-hydrogen) atoms. The van der Waals surface area contributed by atoms with Gasteiger partial charge in [0, 0.05) is 44.3 Å². The molecule has 1 amide bonds. The minimum atomic E-state index is -0.0826. The first-order chi connectivity index (χ1) is 12.6. The summed E-state index contributed by atoms with van der Waals surface area (Å²) in [6.45, 7) is 9.07. The minimum Gasteiger partial charge on any atom is -0.372 e. The summed E-state index contributed by atoms with van der Waals surface area (Å²) in [6, 6.07) is 9.79. The summed E-state index contributed by atoms with van der Waals surface area (Å²) in [5.41, 5.74) is 2.48. The number of nitrogens with zero attached hydrogens (tertiary/aromatic N) is 4. The molecule has 0 fully saturated rings. The van der Waals surface area contributed by atoms with Crippen LogP contribution in [0.4, 0.5) is 17.3 Å². The molecule has 1 N–H and O–H groups in total. The molecule has 1 aromatic carbocycles. The third kappa shape index (κ3) is 5.18. The van der Waals surface area contributed by atoms with Crippen molar-refractivity contribution in [1.82, 2.24) is 14.9 Å². The molecule has 0 bridgehead atoms.